The summed E-state index contributed by atoms with van der Waals surface area (Å²) < 4.78 is 0. The van der Waals surface area contributed by atoms with Crippen molar-refractivity contribution < 1.29 is 4.79 Å². The number of aromatic nitrogens is 2. The first kappa shape index (κ1) is 25.2. The molecule has 0 radical (unpaired) electrons. The van der Waals surface area contributed by atoms with Gasteiger partial charge in [-0.3, -0.25) is 4.79 Å². The van der Waals surface area contributed by atoms with Gasteiger partial charge in [0.25, 0.3) is 0 Å². The Morgan fingerprint density at radius 3 is 2.76 bits per heavy atom. The van der Waals surface area contributed by atoms with Gasteiger partial charge in [0.1, 0.15) is 6.29 Å². The van der Waals surface area contributed by atoms with Crippen molar-refractivity contribution in [2.45, 2.75) is 43.6 Å². The summed E-state index contributed by atoms with van der Waals surface area (Å²) in [5.41, 5.74) is 4.15. The quantitative estimate of drug-likeness (QED) is 0.375. The fourth-order valence-electron chi connectivity index (χ4n) is 6.69. The van der Waals surface area contributed by atoms with Gasteiger partial charge in [0.15, 0.2) is 0 Å². The molecule has 8 heteroatoms. The van der Waals surface area contributed by atoms with Crippen molar-refractivity contribution in [3.05, 3.63) is 57.6 Å². The van der Waals surface area contributed by atoms with E-state index in [1.807, 2.05) is 24.3 Å². The largest absolute Gasteiger partial charge is 0.339 e. The summed E-state index contributed by atoms with van der Waals surface area (Å²) in [5, 5.41) is 1.08. The van der Waals surface area contributed by atoms with Crippen molar-refractivity contribution in [3.63, 3.8) is 0 Å². The summed E-state index contributed by atoms with van der Waals surface area (Å²) in [7, 11) is 2.20. The lowest BCUT2D eigenvalue weighted by molar-refractivity contribution is 0.112. The summed E-state index contributed by atoms with van der Waals surface area (Å²) in [6.45, 7) is 6.66. The second-order valence-electron chi connectivity index (χ2n) is 11.3. The predicted molar refractivity (Wildman–Crippen MR) is 151 cm³/mol. The summed E-state index contributed by atoms with van der Waals surface area (Å²) >= 11 is 12.6. The van der Waals surface area contributed by atoms with Gasteiger partial charge in [-0.15, -0.1) is 0 Å². The number of benzene rings is 2. The van der Waals surface area contributed by atoms with Crippen LogP contribution in [-0.2, 0) is 5.41 Å². The van der Waals surface area contributed by atoms with Crippen molar-refractivity contribution in [2.24, 2.45) is 5.92 Å². The van der Waals surface area contributed by atoms with Crippen LogP contribution in [0.3, 0.4) is 0 Å². The topological polar surface area (TPSA) is 55.5 Å². The third-order valence-electron chi connectivity index (χ3n) is 9.00. The average Bonchev–Trinajstić information content (AvgIpc) is 3.53. The zero-order chi connectivity index (χ0) is 25.6. The molecule has 3 fully saturated rings. The van der Waals surface area contributed by atoms with Gasteiger partial charge in [-0.25, -0.2) is 4.98 Å². The maximum Gasteiger partial charge on any atom is 0.204 e. The van der Waals surface area contributed by atoms with Gasteiger partial charge in [-0.2, -0.15) is 0 Å². The molecule has 1 aliphatic heterocycles. The molecule has 37 heavy (non-hydrogen) atoms. The van der Waals surface area contributed by atoms with E-state index in [9.17, 15) is 4.79 Å². The van der Waals surface area contributed by atoms with Crippen LogP contribution in [0.25, 0.3) is 11.0 Å². The number of halogens is 2. The lowest BCUT2D eigenvalue weighted by Gasteiger charge is -2.38. The van der Waals surface area contributed by atoms with E-state index in [0.717, 1.165) is 93.8 Å². The number of carbonyl (C=O) groups excluding carboxylic acids is 1. The molecular formula is C29H35Cl2N5O. The van der Waals surface area contributed by atoms with Crippen LogP contribution in [0.15, 0.2) is 36.4 Å². The van der Waals surface area contributed by atoms with Crippen LogP contribution >= 0.6 is 23.2 Å². The molecule has 1 saturated heterocycles. The first-order chi connectivity index (χ1) is 17.9. The van der Waals surface area contributed by atoms with E-state index in [-0.39, 0.29) is 5.41 Å². The molecule has 1 aromatic heterocycles. The summed E-state index contributed by atoms with van der Waals surface area (Å²) in [6, 6.07) is 12.4. The number of carbonyl (C=O) groups is 1. The van der Waals surface area contributed by atoms with Gasteiger partial charge in [0, 0.05) is 44.3 Å². The Kier molecular flexibility index (Phi) is 6.95. The number of hydrogen-bond donors (Lipinski definition) is 1. The van der Waals surface area contributed by atoms with Crippen LogP contribution < -0.4 is 4.90 Å². The van der Waals surface area contributed by atoms with Crippen molar-refractivity contribution >= 4 is 46.5 Å². The van der Waals surface area contributed by atoms with E-state index in [4.69, 9.17) is 28.2 Å². The molecule has 2 aliphatic carbocycles. The Hall–Kier alpha value is -2.12. The molecule has 0 unspecified atom stereocenters. The first-order valence-electron chi connectivity index (χ1n) is 13.5. The zero-order valence-electron chi connectivity index (χ0n) is 21.4. The number of rotatable bonds is 8. The lowest BCUT2D eigenvalue weighted by atomic mass is 9.80. The number of nitrogens with zero attached hydrogens (tertiary/aromatic N) is 4. The van der Waals surface area contributed by atoms with E-state index in [2.05, 4.69) is 38.9 Å². The van der Waals surface area contributed by atoms with E-state index in [1.54, 1.807) is 0 Å². The van der Waals surface area contributed by atoms with E-state index >= 15 is 0 Å². The molecule has 0 amide bonds. The van der Waals surface area contributed by atoms with Crippen molar-refractivity contribution in [3.8, 4) is 0 Å². The van der Waals surface area contributed by atoms with Gasteiger partial charge < -0.3 is 19.7 Å². The number of nitrogens with one attached hydrogen (secondary N) is 1. The number of likely N-dealkylation sites (N-methyl/N-ethyl adjacent to an activating group) is 1. The molecule has 0 spiro atoms. The Balaban J connectivity index is 1.20. The predicted octanol–water partition coefficient (Wildman–Crippen LogP) is 5.64. The molecule has 3 atom stereocenters. The number of anilines is 1. The Labute approximate surface area is 228 Å². The molecule has 2 aromatic carbocycles. The highest BCUT2D eigenvalue weighted by Crippen LogP contribution is 2.63. The maximum atomic E-state index is 11.4. The second kappa shape index (κ2) is 10.2. The Bertz CT molecular complexity index is 1250. The monoisotopic (exact) mass is 539 g/mol. The Morgan fingerprint density at radius 2 is 1.97 bits per heavy atom. The highest BCUT2D eigenvalue weighted by molar-refractivity contribution is 6.42. The Morgan fingerprint density at radius 1 is 1.16 bits per heavy atom. The molecule has 0 bridgehead atoms. The van der Waals surface area contributed by atoms with Gasteiger partial charge in [0.2, 0.25) is 5.95 Å². The molecule has 6 nitrogen and oxygen atoms in total. The summed E-state index contributed by atoms with van der Waals surface area (Å²) in [5.74, 6) is 1.58. The second-order valence-corrected chi connectivity index (χ2v) is 12.1. The van der Waals surface area contributed by atoms with Crippen molar-refractivity contribution in [2.75, 3.05) is 51.2 Å². The molecule has 3 aliphatic rings. The number of H-pyrrole nitrogens is 1. The molecule has 6 rings (SSSR count). The first-order valence-corrected chi connectivity index (χ1v) is 14.3. The summed E-state index contributed by atoms with van der Waals surface area (Å²) in [4.78, 5) is 27.4. The number of aldehydes is 1. The number of piperazine rings is 1. The lowest BCUT2D eigenvalue weighted by Crippen LogP contribution is -2.46. The van der Waals surface area contributed by atoms with Crippen LogP contribution in [0.2, 0.25) is 10.0 Å². The van der Waals surface area contributed by atoms with Crippen LogP contribution in [0.1, 0.15) is 48.0 Å². The molecule has 1 N–H and O–H groups in total. The van der Waals surface area contributed by atoms with Crippen LogP contribution in [0.4, 0.5) is 5.95 Å². The van der Waals surface area contributed by atoms with Crippen LogP contribution in [0, 0.1) is 5.92 Å². The fourth-order valence-corrected chi connectivity index (χ4v) is 7.02. The van der Waals surface area contributed by atoms with Gasteiger partial charge in [-0.05, 0) is 80.8 Å². The number of imidazole rings is 1. The smallest absolute Gasteiger partial charge is 0.204 e. The molecule has 196 valence electrons. The minimum atomic E-state index is 0.246. The van der Waals surface area contributed by atoms with Gasteiger partial charge >= 0.3 is 0 Å². The van der Waals surface area contributed by atoms with E-state index < -0.39 is 0 Å². The number of aromatic amines is 1. The molecule has 2 heterocycles. The minimum Gasteiger partial charge on any atom is -0.339 e. The average molecular weight is 541 g/mol. The highest BCUT2D eigenvalue weighted by Gasteiger charge is 2.58. The maximum absolute atomic E-state index is 11.4. The van der Waals surface area contributed by atoms with Gasteiger partial charge in [-0.1, -0.05) is 41.4 Å². The minimum absolute atomic E-state index is 0.246. The molecule has 2 saturated carbocycles. The zero-order valence-corrected chi connectivity index (χ0v) is 22.9. The third kappa shape index (κ3) is 5.01. The van der Waals surface area contributed by atoms with Crippen molar-refractivity contribution in [1.29, 1.82) is 0 Å². The molecule has 3 aromatic rings. The summed E-state index contributed by atoms with van der Waals surface area (Å²) in [6.07, 6.45) is 6.71. The highest BCUT2D eigenvalue weighted by atomic mass is 35.5. The van der Waals surface area contributed by atoms with Crippen molar-refractivity contribution in [1.82, 2.24) is 19.8 Å². The van der Waals surface area contributed by atoms with E-state index in [0.29, 0.717) is 22.0 Å². The normalized spacial score (nSPS) is 26.2. The number of hydrogen-bond acceptors (Lipinski definition) is 5. The fraction of sp³-hybridized carbons (Fsp3) is 0.517. The third-order valence-corrected chi connectivity index (χ3v) is 9.73. The standard InChI is InChI=1S/C29H35Cl2N5O/c1-34-10-12-35(13-11-34)8-3-9-36(28-32-26-16-24(30)25(31)17-27(26)33-28)23-6-7-29(18-22(29)15-23)21-5-2-4-20(14-21)19-37/h2,4-5,14,16-17,19,22-23H,3,6-13,15,18H2,1H3,(H,32,33)/t22-,23+,29+/m0/s1. The van der Waals surface area contributed by atoms with Gasteiger partial charge in [0.05, 0.1) is 21.1 Å². The van der Waals surface area contributed by atoms with Crippen LogP contribution in [0.5, 0.6) is 0 Å². The number of fused-ring (bicyclic) bond motifs is 2. The van der Waals surface area contributed by atoms with Crippen LogP contribution in [-0.4, -0.2) is 78.4 Å². The molecular weight excluding hydrogens is 505 g/mol. The SMILES string of the molecule is CN1CCN(CCCN(c2nc3cc(Cl)c(Cl)cc3[nH]2)[C@@H]2CC[C@]3(c4cccc(C=O)c4)C[C@@H]3C2)CC1. The van der Waals surface area contributed by atoms with E-state index in [1.165, 1.54) is 12.0 Å².